The number of nitrogens with one attached hydrogen (secondary N) is 2. The zero-order valence-electron chi connectivity index (χ0n) is 11.4. The molecule has 6 heteroatoms. The quantitative estimate of drug-likeness (QED) is 0.855. The highest BCUT2D eigenvalue weighted by molar-refractivity contribution is 6.40. The molecule has 1 amide bonds. The van der Waals surface area contributed by atoms with Crippen LogP contribution in [0.4, 0.5) is 15.8 Å². The maximum atomic E-state index is 13.1. The summed E-state index contributed by atoms with van der Waals surface area (Å²) in [4.78, 5) is 12.3. The number of carbonyl (C=O) groups is 1. The van der Waals surface area contributed by atoms with E-state index in [9.17, 15) is 9.18 Å². The summed E-state index contributed by atoms with van der Waals surface area (Å²) >= 11 is 11.8. The molecule has 0 aliphatic heterocycles. The normalized spacial score (nSPS) is 10.3. The van der Waals surface area contributed by atoms with Crippen molar-refractivity contribution in [1.29, 1.82) is 0 Å². The number of amides is 1. The standard InChI is InChI=1S/C15H13Cl2FN2O/c1-8-3-4-10(13(5-8)19-2)15(21)20-14-11(16)6-9(18)7-12(14)17/h3-7,19H,1-2H3,(H,20,21). The van der Waals surface area contributed by atoms with Gasteiger partial charge < -0.3 is 10.6 Å². The van der Waals surface area contributed by atoms with Gasteiger partial charge in [0.2, 0.25) is 0 Å². The molecule has 0 saturated carbocycles. The minimum atomic E-state index is -0.561. The van der Waals surface area contributed by atoms with Gasteiger partial charge in [0.15, 0.2) is 0 Å². The summed E-state index contributed by atoms with van der Waals surface area (Å²) in [6, 6.07) is 7.56. The van der Waals surface area contributed by atoms with Crippen LogP contribution in [0.2, 0.25) is 10.0 Å². The zero-order valence-corrected chi connectivity index (χ0v) is 12.9. The maximum Gasteiger partial charge on any atom is 0.257 e. The second-order valence-electron chi connectivity index (χ2n) is 4.50. The number of benzene rings is 2. The third-order valence-electron chi connectivity index (χ3n) is 2.93. The Morgan fingerprint density at radius 2 is 1.76 bits per heavy atom. The topological polar surface area (TPSA) is 41.1 Å². The average molecular weight is 327 g/mol. The summed E-state index contributed by atoms with van der Waals surface area (Å²) in [5.41, 5.74) is 2.34. The number of hydrogen-bond acceptors (Lipinski definition) is 2. The number of halogens is 3. The van der Waals surface area contributed by atoms with Crippen molar-refractivity contribution in [3.8, 4) is 0 Å². The number of anilines is 2. The summed E-state index contributed by atoms with van der Waals surface area (Å²) in [5, 5.41) is 5.66. The van der Waals surface area contributed by atoms with Gasteiger partial charge in [0.05, 0.1) is 21.3 Å². The molecule has 0 fully saturated rings. The SMILES string of the molecule is CNc1cc(C)ccc1C(=O)Nc1c(Cl)cc(F)cc1Cl. The fraction of sp³-hybridized carbons (Fsp3) is 0.133. The minimum absolute atomic E-state index is 0.0477. The van der Waals surface area contributed by atoms with Crippen LogP contribution in [0.3, 0.4) is 0 Å². The van der Waals surface area contributed by atoms with Crippen molar-refractivity contribution in [3.63, 3.8) is 0 Å². The summed E-state index contributed by atoms with van der Waals surface area (Å²) < 4.78 is 13.1. The van der Waals surface area contributed by atoms with Gasteiger partial charge in [0.25, 0.3) is 5.91 Å². The van der Waals surface area contributed by atoms with E-state index < -0.39 is 5.82 Å². The van der Waals surface area contributed by atoms with Crippen LogP contribution in [0, 0.1) is 12.7 Å². The number of carbonyl (C=O) groups excluding carboxylic acids is 1. The van der Waals surface area contributed by atoms with E-state index in [-0.39, 0.29) is 21.6 Å². The van der Waals surface area contributed by atoms with Gasteiger partial charge in [-0.1, -0.05) is 29.3 Å². The Kier molecular flexibility index (Phi) is 4.70. The smallest absolute Gasteiger partial charge is 0.257 e. The fourth-order valence-electron chi connectivity index (χ4n) is 1.91. The number of hydrogen-bond donors (Lipinski definition) is 2. The van der Waals surface area contributed by atoms with Gasteiger partial charge in [-0.25, -0.2) is 4.39 Å². The first kappa shape index (κ1) is 15.6. The highest BCUT2D eigenvalue weighted by atomic mass is 35.5. The highest BCUT2D eigenvalue weighted by Gasteiger charge is 2.15. The Hall–Kier alpha value is -1.78. The molecule has 21 heavy (non-hydrogen) atoms. The van der Waals surface area contributed by atoms with Gasteiger partial charge in [0.1, 0.15) is 5.82 Å². The predicted molar refractivity (Wildman–Crippen MR) is 85.1 cm³/mol. The Balaban J connectivity index is 2.35. The first-order chi connectivity index (χ1) is 9.92. The fourth-order valence-corrected chi connectivity index (χ4v) is 2.46. The summed E-state index contributed by atoms with van der Waals surface area (Å²) in [7, 11) is 1.73. The van der Waals surface area contributed by atoms with Crippen LogP contribution in [0.1, 0.15) is 15.9 Å². The average Bonchev–Trinajstić information content (AvgIpc) is 2.42. The van der Waals surface area contributed by atoms with E-state index in [2.05, 4.69) is 10.6 Å². The van der Waals surface area contributed by atoms with E-state index in [1.165, 1.54) is 0 Å². The predicted octanol–water partition coefficient (Wildman–Crippen LogP) is 4.73. The van der Waals surface area contributed by atoms with E-state index >= 15 is 0 Å². The molecule has 0 heterocycles. The van der Waals surface area contributed by atoms with Crippen LogP contribution < -0.4 is 10.6 Å². The van der Waals surface area contributed by atoms with Crippen molar-refractivity contribution in [1.82, 2.24) is 0 Å². The lowest BCUT2D eigenvalue weighted by Gasteiger charge is -2.13. The van der Waals surface area contributed by atoms with Crippen molar-refractivity contribution in [3.05, 3.63) is 57.3 Å². The van der Waals surface area contributed by atoms with Crippen LogP contribution in [-0.2, 0) is 0 Å². The van der Waals surface area contributed by atoms with Crippen molar-refractivity contribution < 1.29 is 9.18 Å². The molecule has 2 aromatic rings. The van der Waals surface area contributed by atoms with Gasteiger partial charge in [-0.15, -0.1) is 0 Å². The van der Waals surface area contributed by atoms with Crippen LogP contribution in [0.25, 0.3) is 0 Å². The van der Waals surface area contributed by atoms with Crippen molar-refractivity contribution in [2.45, 2.75) is 6.92 Å². The Morgan fingerprint density at radius 1 is 1.14 bits per heavy atom. The van der Waals surface area contributed by atoms with Crippen molar-refractivity contribution in [2.75, 3.05) is 17.7 Å². The molecule has 0 bridgehead atoms. The van der Waals surface area contributed by atoms with E-state index in [1.807, 2.05) is 19.1 Å². The first-order valence-corrected chi connectivity index (χ1v) is 6.92. The molecule has 110 valence electrons. The molecule has 0 saturated heterocycles. The molecule has 2 aromatic carbocycles. The van der Waals surface area contributed by atoms with Gasteiger partial charge in [-0.05, 0) is 36.8 Å². The summed E-state index contributed by atoms with van der Waals surface area (Å²) in [6.07, 6.45) is 0. The molecule has 0 aliphatic carbocycles. The zero-order chi connectivity index (χ0) is 15.6. The van der Waals surface area contributed by atoms with Crippen LogP contribution in [0.15, 0.2) is 30.3 Å². The van der Waals surface area contributed by atoms with E-state index in [4.69, 9.17) is 23.2 Å². The largest absolute Gasteiger partial charge is 0.387 e. The first-order valence-electron chi connectivity index (χ1n) is 6.16. The Morgan fingerprint density at radius 3 is 2.33 bits per heavy atom. The lowest BCUT2D eigenvalue weighted by molar-refractivity contribution is 0.102. The highest BCUT2D eigenvalue weighted by Crippen LogP contribution is 2.32. The Labute approximate surface area is 132 Å². The molecular weight excluding hydrogens is 314 g/mol. The third-order valence-corrected chi connectivity index (χ3v) is 3.53. The third kappa shape index (κ3) is 3.46. The van der Waals surface area contributed by atoms with Crippen LogP contribution in [0.5, 0.6) is 0 Å². The molecule has 0 radical (unpaired) electrons. The van der Waals surface area contributed by atoms with Crippen molar-refractivity contribution >= 4 is 40.5 Å². The monoisotopic (exact) mass is 326 g/mol. The molecule has 0 unspecified atom stereocenters. The molecule has 0 spiro atoms. The van der Waals surface area contributed by atoms with E-state index in [1.54, 1.807) is 13.1 Å². The Bertz CT molecular complexity index is 681. The van der Waals surface area contributed by atoms with Gasteiger partial charge in [-0.3, -0.25) is 4.79 Å². The van der Waals surface area contributed by atoms with E-state index in [0.29, 0.717) is 11.3 Å². The molecule has 2 rings (SSSR count). The number of rotatable bonds is 3. The molecule has 0 aliphatic rings. The molecule has 3 nitrogen and oxygen atoms in total. The summed E-state index contributed by atoms with van der Waals surface area (Å²) in [6.45, 7) is 1.93. The van der Waals surface area contributed by atoms with Gasteiger partial charge in [0, 0.05) is 12.7 Å². The lowest BCUT2D eigenvalue weighted by Crippen LogP contribution is -2.15. The second kappa shape index (κ2) is 6.33. The molecule has 2 N–H and O–H groups in total. The molecular formula is C15H13Cl2FN2O. The van der Waals surface area contributed by atoms with E-state index in [0.717, 1.165) is 17.7 Å². The van der Waals surface area contributed by atoms with Gasteiger partial charge in [-0.2, -0.15) is 0 Å². The minimum Gasteiger partial charge on any atom is -0.387 e. The maximum absolute atomic E-state index is 13.1. The summed E-state index contributed by atoms with van der Waals surface area (Å²) in [5.74, 6) is -0.941. The van der Waals surface area contributed by atoms with Crippen molar-refractivity contribution in [2.24, 2.45) is 0 Å². The number of aryl methyl sites for hydroxylation is 1. The lowest BCUT2D eigenvalue weighted by atomic mass is 10.1. The molecule has 0 atom stereocenters. The van der Waals surface area contributed by atoms with Crippen LogP contribution >= 0.6 is 23.2 Å². The second-order valence-corrected chi connectivity index (χ2v) is 5.31. The van der Waals surface area contributed by atoms with Gasteiger partial charge >= 0.3 is 0 Å². The molecule has 0 aromatic heterocycles. The van der Waals surface area contributed by atoms with Crippen LogP contribution in [-0.4, -0.2) is 13.0 Å².